The van der Waals surface area contributed by atoms with E-state index in [1.54, 1.807) is 0 Å². The molecule has 9 nitrogen and oxygen atoms in total. The molecule has 89 heavy (non-hydrogen) atoms. The molecule has 2 atom stereocenters. The van der Waals surface area contributed by atoms with Crippen LogP contribution in [-0.2, 0) is 33.3 Å². The molecule has 0 aliphatic rings. The quantitative estimate of drug-likeness (QED) is 0.0211. The van der Waals surface area contributed by atoms with Gasteiger partial charge in [0.25, 0.3) is 6.29 Å². The van der Waals surface area contributed by atoms with E-state index in [9.17, 15) is 19.5 Å². The summed E-state index contributed by atoms with van der Waals surface area (Å²) in [6.07, 6.45) is 104. The number of carboxylic acid groups (broad SMARTS) is 1. The second-order valence-corrected chi connectivity index (χ2v) is 23.0. The summed E-state index contributed by atoms with van der Waals surface area (Å²) in [5, 5.41) is 9.74. The van der Waals surface area contributed by atoms with Crippen LogP contribution in [0.15, 0.2) is 207 Å². The minimum atomic E-state index is -1.54. The number of rotatable bonds is 60. The predicted octanol–water partition coefficient (Wildman–Crippen LogP) is 21.6. The van der Waals surface area contributed by atoms with Crippen LogP contribution in [-0.4, -0.2) is 87.4 Å². The maximum absolute atomic E-state index is 12.9. The summed E-state index contributed by atoms with van der Waals surface area (Å²) in [6.45, 7) is 4.56. The summed E-state index contributed by atoms with van der Waals surface area (Å²) in [5.41, 5.74) is 0. The number of unbranched alkanes of at least 4 members (excludes halogenated alkanes) is 11. The average molecular weight is 1230 g/mol. The number of carboxylic acids is 1. The van der Waals surface area contributed by atoms with Gasteiger partial charge in [0.05, 0.1) is 34.4 Å². The summed E-state index contributed by atoms with van der Waals surface area (Å²) in [7, 11) is 5.94. The maximum Gasteiger partial charge on any atom is 0.361 e. The fourth-order valence-electron chi connectivity index (χ4n) is 8.37. The Bertz CT molecular complexity index is 2210. The molecule has 0 bridgehead atoms. The number of likely N-dealkylation sites (N-methyl/N-ethyl adjacent to an activating group) is 1. The molecule has 496 valence electrons. The van der Waals surface area contributed by atoms with Crippen molar-refractivity contribution in [2.24, 2.45) is 0 Å². The van der Waals surface area contributed by atoms with E-state index in [-0.39, 0.29) is 38.6 Å². The lowest BCUT2D eigenvalue weighted by molar-refractivity contribution is -0.870. The molecular weight excluding hydrogens is 1100 g/mol. The van der Waals surface area contributed by atoms with Crippen molar-refractivity contribution in [2.45, 2.75) is 232 Å². The van der Waals surface area contributed by atoms with Crippen LogP contribution in [0.25, 0.3) is 0 Å². The van der Waals surface area contributed by atoms with Crippen LogP contribution in [0.3, 0.4) is 0 Å². The number of quaternary nitrogens is 1. The first-order chi connectivity index (χ1) is 43.6. The van der Waals surface area contributed by atoms with Gasteiger partial charge >= 0.3 is 17.9 Å². The Morgan fingerprint density at radius 1 is 0.337 bits per heavy atom. The van der Waals surface area contributed by atoms with Crippen LogP contribution >= 0.6 is 0 Å². The number of esters is 2. The van der Waals surface area contributed by atoms with E-state index in [1.807, 2.05) is 21.1 Å². The van der Waals surface area contributed by atoms with Gasteiger partial charge in [0.15, 0.2) is 6.10 Å². The molecule has 0 aliphatic carbocycles. The van der Waals surface area contributed by atoms with Crippen LogP contribution in [0.2, 0.25) is 0 Å². The van der Waals surface area contributed by atoms with E-state index in [4.69, 9.17) is 18.9 Å². The van der Waals surface area contributed by atoms with E-state index in [0.717, 1.165) is 161 Å². The SMILES string of the molecule is CC/C=C\C/C=C\C/C=C\C/C=C\C/C=C\C/C=C\C/C=C\C/C=C\C/C=C\CCCCCC(=O)OC(COC(=O)CCCCCCCCCC/C=C\C/C=C\C/C=C\C/C=C\C/C=C\C/C=C\C/C=C\C/C=C\CC)COC(OCC[N+](C)(C)C)C(=O)O. The number of ether oxygens (including phenoxy) is 4. The second kappa shape index (κ2) is 67.8. The summed E-state index contributed by atoms with van der Waals surface area (Å²) in [4.78, 5) is 37.6. The standard InChI is InChI=1S/C80H123NO8/c1-6-8-10-12-14-16-18-20-22-24-26-28-30-32-34-36-38-39-41-42-44-46-48-50-52-54-56-58-60-62-64-66-68-70-77(82)87-74-76(75-88-80(79(84)85)86-73-72-81(3,4)5)89-78(83)71-69-67-65-63-61-59-57-55-53-51-49-47-45-43-40-37-35-33-31-29-27-25-23-21-19-17-15-13-11-9-7-2/h8-11,14-17,20-23,26-29,32-35,38-40,42-44,47-50,53,55,59,61,76,80H,6-7,12-13,18-19,24-25,30-31,36-37,41,45-46,51-52,54,56-58,60,62-75H2,1-5H3/p+1/b10-8-,11-9-,16-14-,17-15-,22-20-,23-21-,28-26-,29-27-,34-32-,35-33-,39-38-,43-40-,44-42-,49-47-,50-48-,55-53-,61-59-. The van der Waals surface area contributed by atoms with Crippen LogP contribution in [0, 0.1) is 0 Å². The van der Waals surface area contributed by atoms with E-state index >= 15 is 0 Å². The third-order valence-electron chi connectivity index (χ3n) is 13.5. The summed E-state index contributed by atoms with van der Waals surface area (Å²) >= 11 is 0. The van der Waals surface area contributed by atoms with Crippen molar-refractivity contribution in [3.05, 3.63) is 207 Å². The summed E-state index contributed by atoms with van der Waals surface area (Å²) < 4.78 is 22.9. The molecule has 0 saturated heterocycles. The van der Waals surface area contributed by atoms with Crippen LogP contribution in [0.1, 0.15) is 219 Å². The van der Waals surface area contributed by atoms with Gasteiger partial charge in [0, 0.05) is 12.8 Å². The van der Waals surface area contributed by atoms with Gasteiger partial charge in [0.2, 0.25) is 0 Å². The second-order valence-electron chi connectivity index (χ2n) is 23.0. The van der Waals surface area contributed by atoms with Crippen molar-refractivity contribution in [3.63, 3.8) is 0 Å². The van der Waals surface area contributed by atoms with Gasteiger partial charge in [-0.1, -0.05) is 265 Å². The van der Waals surface area contributed by atoms with Gasteiger partial charge in [-0.05, 0) is 148 Å². The lowest BCUT2D eigenvalue weighted by Gasteiger charge is -2.25. The number of nitrogens with zero attached hydrogens (tertiary/aromatic N) is 1. The molecule has 0 aromatic rings. The normalized spacial score (nSPS) is 14.0. The van der Waals surface area contributed by atoms with Crippen molar-refractivity contribution >= 4 is 17.9 Å². The first-order valence-corrected chi connectivity index (χ1v) is 34.2. The molecule has 0 spiro atoms. The Morgan fingerprint density at radius 3 is 0.910 bits per heavy atom. The van der Waals surface area contributed by atoms with Crippen LogP contribution in [0.4, 0.5) is 0 Å². The fourth-order valence-corrected chi connectivity index (χ4v) is 8.37. The molecular formula is C80H124NO8+. The number of aliphatic carboxylic acids is 1. The first kappa shape index (κ1) is 82.9. The molecule has 0 amide bonds. The van der Waals surface area contributed by atoms with E-state index in [2.05, 4.69) is 220 Å². The lowest BCUT2D eigenvalue weighted by Crippen LogP contribution is -2.40. The van der Waals surface area contributed by atoms with Gasteiger partial charge in [0.1, 0.15) is 13.2 Å². The highest BCUT2D eigenvalue weighted by Gasteiger charge is 2.25. The predicted molar refractivity (Wildman–Crippen MR) is 382 cm³/mol. The highest BCUT2D eigenvalue weighted by Crippen LogP contribution is 2.14. The number of carbonyl (C=O) groups is 3. The average Bonchev–Trinajstić information content (AvgIpc) is 3.64. The highest BCUT2D eigenvalue weighted by molar-refractivity contribution is 5.71. The van der Waals surface area contributed by atoms with Crippen LogP contribution in [0.5, 0.6) is 0 Å². The molecule has 0 radical (unpaired) electrons. The molecule has 0 aliphatic heterocycles. The van der Waals surface area contributed by atoms with Gasteiger partial charge in [-0.2, -0.15) is 0 Å². The topological polar surface area (TPSA) is 108 Å². The first-order valence-electron chi connectivity index (χ1n) is 34.2. The minimum absolute atomic E-state index is 0.167. The molecule has 0 heterocycles. The molecule has 9 heteroatoms. The molecule has 0 fully saturated rings. The molecule has 0 rings (SSSR count). The van der Waals surface area contributed by atoms with Crippen molar-refractivity contribution in [2.75, 3.05) is 47.5 Å². The number of hydrogen-bond acceptors (Lipinski definition) is 7. The molecule has 0 aromatic heterocycles. The third-order valence-corrected chi connectivity index (χ3v) is 13.5. The number of hydrogen-bond donors (Lipinski definition) is 1. The maximum atomic E-state index is 12.9. The zero-order chi connectivity index (χ0) is 64.7. The Morgan fingerprint density at radius 2 is 0.607 bits per heavy atom. The van der Waals surface area contributed by atoms with Crippen LogP contribution < -0.4 is 0 Å². The molecule has 2 unspecified atom stereocenters. The van der Waals surface area contributed by atoms with E-state index < -0.39 is 24.3 Å². The van der Waals surface area contributed by atoms with Gasteiger partial charge in [-0.25, -0.2) is 4.79 Å². The Labute approximate surface area is 544 Å². The smallest absolute Gasteiger partial charge is 0.361 e. The van der Waals surface area contributed by atoms with E-state index in [0.29, 0.717) is 17.4 Å². The van der Waals surface area contributed by atoms with Crippen molar-refractivity contribution in [1.29, 1.82) is 0 Å². The Hall–Kier alpha value is -6.13. The van der Waals surface area contributed by atoms with Gasteiger partial charge in [-0.3, -0.25) is 9.59 Å². The Balaban J connectivity index is 4.32. The fraction of sp³-hybridized carbons (Fsp3) is 0.537. The third kappa shape index (κ3) is 69.2. The van der Waals surface area contributed by atoms with E-state index in [1.165, 1.54) is 25.7 Å². The molecule has 1 N–H and O–H groups in total. The van der Waals surface area contributed by atoms with Gasteiger partial charge in [-0.15, -0.1) is 0 Å². The Kier molecular flexibility index (Phi) is 63.1. The monoisotopic (exact) mass is 1230 g/mol. The minimum Gasteiger partial charge on any atom is -0.477 e. The zero-order valence-corrected chi connectivity index (χ0v) is 56.5. The lowest BCUT2D eigenvalue weighted by atomic mass is 10.1. The summed E-state index contributed by atoms with van der Waals surface area (Å²) in [5.74, 6) is -2.09. The van der Waals surface area contributed by atoms with Crippen molar-refractivity contribution in [1.82, 2.24) is 0 Å². The number of allylic oxidation sites excluding steroid dienone is 34. The summed E-state index contributed by atoms with van der Waals surface area (Å²) in [6, 6.07) is 0. The van der Waals surface area contributed by atoms with Crippen molar-refractivity contribution < 1.29 is 42.9 Å². The van der Waals surface area contributed by atoms with Gasteiger partial charge < -0.3 is 28.5 Å². The molecule has 0 saturated carbocycles. The largest absolute Gasteiger partial charge is 0.477 e. The highest BCUT2D eigenvalue weighted by atomic mass is 16.7. The molecule has 0 aromatic carbocycles. The van der Waals surface area contributed by atoms with Crippen molar-refractivity contribution in [3.8, 4) is 0 Å². The zero-order valence-electron chi connectivity index (χ0n) is 56.5. The number of carbonyl (C=O) groups excluding carboxylic acids is 2.